The molecule has 1 rings (SSSR count). The molecule has 9 heteroatoms. The SMILES string of the molecule is COC(=O)C(C)(C)NS(=O)(=O)N1CCCCC1C(=O)O. The van der Waals surface area contributed by atoms with Gasteiger partial charge in [-0.25, -0.2) is 0 Å². The van der Waals surface area contributed by atoms with Gasteiger partial charge in [-0.2, -0.15) is 17.4 Å². The Morgan fingerprint density at radius 2 is 1.95 bits per heavy atom. The highest BCUT2D eigenvalue weighted by Gasteiger charge is 2.41. The van der Waals surface area contributed by atoms with E-state index in [9.17, 15) is 18.0 Å². The number of hydrogen-bond donors (Lipinski definition) is 2. The molecule has 0 aromatic carbocycles. The summed E-state index contributed by atoms with van der Waals surface area (Å²) in [5, 5.41) is 9.10. The van der Waals surface area contributed by atoms with Gasteiger partial charge in [-0.15, -0.1) is 0 Å². The molecular formula is C11H20N2O6S. The summed E-state index contributed by atoms with van der Waals surface area (Å²) in [5.74, 6) is -1.93. The van der Waals surface area contributed by atoms with E-state index in [1.165, 1.54) is 13.8 Å². The summed E-state index contributed by atoms with van der Waals surface area (Å²) in [6.07, 6.45) is 1.50. The zero-order valence-corrected chi connectivity index (χ0v) is 12.6. The van der Waals surface area contributed by atoms with Crippen molar-refractivity contribution in [2.24, 2.45) is 0 Å². The molecule has 20 heavy (non-hydrogen) atoms. The highest BCUT2D eigenvalue weighted by atomic mass is 32.2. The first-order valence-electron chi connectivity index (χ1n) is 6.24. The lowest BCUT2D eigenvalue weighted by Crippen LogP contribution is -2.59. The third-order valence-electron chi connectivity index (χ3n) is 3.13. The molecule has 0 amide bonds. The first-order chi connectivity index (χ1) is 9.12. The van der Waals surface area contributed by atoms with E-state index in [-0.39, 0.29) is 13.0 Å². The molecule has 0 radical (unpaired) electrons. The van der Waals surface area contributed by atoms with E-state index in [4.69, 9.17) is 5.11 Å². The number of carbonyl (C=O) groups is 2. The Bertz CT molecular complexity index is 487. The Kier molecular flexibility index (Phi) is 5.11. The molecule has 0 aromatic rings. The number of carboxylic acid groups (broad SMARTS) is 1. The van der Waals surface area contributed by atoms with Gasteiger partial charge in [0.05, 0.1) is 7.11 Å². The van der Waals surface area contributed by atoms with Crippen LogP contribution in [0.25, 0.3) is 0 Å². The van der Waals surface area contributed by atoms with Crippen molar-refractivity contribution in [2.45, 2.75) is 44.7 Å². The fourth-order valence-electron chi connectivity index (χ4n) is 2.12. The molecule has 1 heterocycles. The second kappa shape index (κ2) is 6.06. The summed E-state index contributed by atoms with van der Waals surface area (Å²) in [5.41, 5.74) is -1.46. The summed E-state index contributed by atoms with van der Waals surface area (Å²) in [7, 11) is -2.94. The first kappa shape index (κ1) is 16.9. The van der Waals surface area contributed by atoms with E-state index in [2.05, 4.69) is 9.46 Å². The summed E-state index contributed by atoms with van der Waals surface area (Å²) >= 11 is 0. The smallest absolute Gasteiger partial charge is 0.326 e. The highest BCUT2D eigenvalue weighted by Crippen LogP contribution is 2.21. The molecular weight excluding hydrogens is 288 g/mol. The fraction of sp³-hybridized carbons (Fsp3) is 0.818. The maximum atomic E-state index is 12.3. The van der Waals surface area contributed by atoms with Gasteiger partial charge in [0.15, 0.2) is 0 Å². The second-order valence-corrected chi connectivity index (χ2v) is 6.81. The van der Waals surface area contributed by atoms with Gasteiger partial charge in [0, 0.05) is 6.54 Å². The Labute approximate surface area is 118 Å². The molecule has 0 bridgehead atoms. The lowest BCUT2D eigenvalue weighted by atomic mass is 10.1. The van der Waals surface area contributed by atoms with Gasteiger partial charge in [0.25, 0.3) is 10.2 Å². The maximum Gasteiger partial charge on any atom is 0.326 e. The summed E-state index contributed by atoms with van der Waals surface area (Å²) < 4.78 is 32.2. The molecule has 0 aromatic heterocycles. The average Bonchev–Trinajstić information content (AvgIpc) is 2.36. The van der Waals surface area contributed by atoms with Crippen molar-refractivity contribution in [3.05, 3.63) is 0 Å². The van der Waals surface area contributed by atoms with Crippen molar-refractivity contribution in [1.29, 1.82) is 0 Å². The van der Waals surface area contributed by atoms with Crippen molar-refractivity contribution in [3.8, 4) is 0 Å². The first-order valence-corrected chi connectivity index (χ1v) is 7.68. The van der Waals surface area contributed by atoms with Crippen LogP contribution in [0, 0.1) is 0 Å². The van der Waals surface area contributed by atoms with Crippen LogP contribution in [0.2, 0.25) is 0 Å². The van der Waals surface area contributed by atoms with Gasteiger partial charge >= 0.3 is 11.9 Å². The summed E-state index contributed by atoms with van der Waals surface area (Å²) in [6.45, 7) is 2.83. The van der Waals surface area contributed by atoms with Gasteiger partial charge in [0.2, 0.25) is 0 Å². The maximum absolute atomic E-state index is 12.3. The normalized spacial score (nSPS) is 21.4. The number of aliphatic carboxylic acids is 1. The highest BCUT2D eigenvalue weighted by molar-refractivity contribution is 7.87. The molecule has 0 saturated carbocycles. The van der Waals surface area contributed by atoms with E-state index in [0.717, 1.165) is 11.4 Å². The lowest BCUT2D eigenvalue weighted by molar-refractivity contribution is -0.146. The molecule has 8 nitrogen and oxygen atoms in total. The zero-order valence-electron chi connectivity index (χ0n) is 11.7. The van der Waals surface area contributed by atoms with Crippen molar-refractivity contribution in [2.75, 3.05) is 13.7 Å². The van der Waals surface area contributed by atoms with Crippen LogP contribution in [0.15, 0.2) is 0 Å². The van der Waals surface area contributed by atoms with Crippen LogP contribution in [-0.2, 0) is 24.5 Å². The van der Waals surface area contributed by atoms with E-state index in [1.807, 2.05) is 0 Å². The van der Waals surface area contributed by atoms with Gasteiger partial charge in [-0.1, -0.05) is 0 Å². The topological polar surface area (TPSA) is 113 Å². The third kappa shape index (κ3) is 3.68. The van der Waals surface area contributed by atoms with Gasteiger partial charge in [-0.3, -0.25) is 9.59 Å². The predicted molar refractivity (Wildman–Crippen MR) is 70.1 cm³/mol. The van der Waals surface area contributed by atoms with Crippen LogP contribution < -0.4 is 4.72 Å². The predicted octanol–water partition coefficient (Wildman–Crippen LogP) is -0.288. The van der Waals surface area contributed by atoms with Crippen LogP contribution in [0.3, 0.4) is 0 Å². The molecule has 1 atom stereocenters. The number of methoxy groups -OCH3 is 1. The van der Waals surface area contributed by atoms with Crippen LogP contribution in [-0.4, -0.2) is 55.0 Å². The largest absolute Gasteiger partial charge is 0.480 e. The second-order valence-electron chi connectivity index (χ2n) is 5.18. The number of hydrogen-bond acceptors (Lipinski definition) is 5. The molecule has 0 aliphatic carbocycles. The van der Waals surface area contributed by atoms with Crippen molar-refractivity contribution in [3.63, 3.8) is 0 Å². The van der Waals surface area contributed by atoms with Crippen molar-refractivity contribution >= 4 is 22.1 Å². The third-order valence-corrected chi connectivity index (χ3v) is 4.95. The minimum absolute atomic E-state index is 0.115. The minimum Gasteiger partial charge on any atom is -0.480 e. The molecule has 1 fully saturated rings. The van der Waals surface area contributed by atoms with Crippen LogP contribution in [0.1, 0.15) is 33.1 Å². The van der Waals surface area contributed by atoms with E-state index >= 15 is 0 Å². The molecule has 1 unspecified atom stereocenters. The Morgan fingerprint density at radius 3 is 2.45 bits per heavy atom. The van der Waals surface area contributed by atoms with Gasteiger partial charge in [-0.05, 0) is 33.1 Å². The quantitative estimate of drug-likeness (QED) is 0.675. The molecule has 1 saturated heterocycles. The van der Waals surface area contributed by atoms with Crippen molar-refractivity contribution in [1.82, 2.24) is 9.03 Å². The standard InChI is InChI=1S/C11H20N2O6S/c1-11(2,10(16)19-3)12-20(17,18)13-7-5-4-6-8(13)9(14)15/h8,12H,4-7H2,1-3H3,(H,14,15). The molecule has 0 spiro atoms. The van der Waals surface area contributed by atoms with Crippen molar-refractivity contribution < 1.29 is 27.9 Å². The van der Waals surface area contributed by atoms with Crippen LogP contribution in [0.4, 0.5) is 0 Å². The number of nitrogens with zero attached hydrogens (tertiary/aromatic N) is 1. The number of ether oxygens (including phenoxy) is 1. The summed E-state index contributed by atoms with van der Waals surface area (Å²) in [6, 6.07) is -1.10. The number of esters is 1. The minimum atomic E-state index is -4.09. The number of rotatable bonds is 5. The van der Waals surface area contributed by atoms with Gasteiger partial charge < -0.3 is 9.84 Å². The van der Waals surface area contributed by atoms with E-state index in [1.54, 1.807) is 0 Å². The molecule has 1 aliphatic rings. The van der Waals surface area contributed by atoms with Crippen LogP contribution >= 0.6 is 0 Å². The number of carboxylic acids is 1. The Hall–Kier alpha value is -1.19. The fourth-order valence-corrected chi connectivity index (χ4v) is 3.86. The molecule has 116 valence electrons. The summed E-state index contributed by atoms with van der Waals surface area (Å²) in [4.78, 5) is 22.7. The molecule has 1 aliphatic heterocycles. The zero-order chi connectivity index (χ0) is 15.6. The monoisotopic (exact) mass is 308 g/mol. The number of carbonyl (C=O) groups excluding carboxylic acids is 1. The van der Waals surface area contributed by atoms with E-state index < -0.39 is 33.7 Å². The number of nitrogens with one attached hydrogen (secondary N) is 1. The van der Waals surface area contributed by atoms with Crippen LogP contribution in [0.5, 0.6) is 0 Å². The van der Waals surface area contributed by atoms with E-state index in [0.29, 0.717) is 12.8 Å². The Balaban J connectivity index is 2.97. The average molecular weight is 308 g/mol. The van der Waals surface area contributed by atoms with Gasteiger partial charge in [0.1, 0.15) is 11.6 Å². The Morgan fingerprint density at radius 1 is 1.35 bits per heavy atom. The lowest BCUT2D eigenvalue weighted by Gasteiger charge is -2.34. The number of piperidine rings is 1. The molecule has 2 N–H and O–H groups in total.